The molecule has 4 heteroatoms. The minimum absolute atomic E-state index is 0.576. The molecule has 0 aliphatic heterocycles. The Labute approximate surface area is 102 Å². The van der Waals surface area contributed by atoms with Gasteiger partial charge >= 0.3 is 0 Å². The first kappa shape index (κ1) is 13.6. The van der Waals surface area contributed by atoms with Crippen LogP contribution in [0.5, 0.6) is 0 Å². The average Bonchev–Trinajstić information content (AvgIpc) is 2.41. The van der Waals surface area contributed by atoms with Crippen LogP contribution in [0.15, 0.2) is 0 Å². The zero-order chi connectivity index (χ0) is 12.3. The van der Waals surface area contributed by atoms with Crippen LogP contribution in [-0.4, -0.2) is 34.2 Å². The fourth-order valence-corrected chi connectivity index (χ4v) is 2.53. The summed E-state index contributed by atoms with van der Waals surface area (Å²) in [6.45, 7) is 9.62. The number of hydrogen-bond donors (Lipinski definition) is 1. The molecule has 1 N–H and O–H groups in total. The molecule has 0 unspecified atom stereocenters. The number of rotatable bonds is 5. The van der Waals surface area contributed by atoms with Crippen molar-refractivity contribution in [3.05, 3.63) is 15.6 Å². The standard InChI is InChI=1S/C12H22N2OS/c1-9-11(16-10(2)13-9)8-14(5)7-6-12(3,4)15/h15H,6-8H2,1-5H3. The van der Waals surface area contributed by atoms with E-state index in [1.807, 2.05) is 20.8 Å². The predicted molar refractivity (Wildman–Crippen MR) is 68.8 cm³/mol. The lowest BCUT2D eigenvalue weighted by Gasteiger charge is -2.22. The average molecular weight is 242 g/mol. The van der Waals surface area contributed by atoms with Crippen molar-refractivity contribution in [2.75, 3.05) is 13.6 Å². The molecule has 0 amide bonds. The van der Waals surface area contributed by atoms with Crippen LogP contribution in [0, 0.1) is 13.8 Å². The van der Waals surface area contributed by atoms with Gasteiger partial charge in [-0.15, -0.1) is 11.3 Å². The third-order valence-corrected chi connectivity index (χ3v) is 3.58. The van der Waals surface area contributed by atoms with Gasteiger partial charge in [-0.25, -0.2) is 4.98 Å². The Bertz CT molecular complexity index is 341. The number of aromatic nitrogens is 1. The Hall–Kier alpha value is -0.450. The highest BCUT2D eigenvalue weighted by Crippen LogP contribution is 2.19. The quantitative estimate of drug-likeness (QED) is 0.861. The van der Waals surface area contributed by atoms with Gasteiger partial charge in [0.25, 0.3) is 0 Å². The van der Waals surface area contributed by atoms with E-state index < -0.39 is 5.60 Å². The lowest BCUT2D eigenvalue weighted by Crippen LogP contribution is -2.28. The number of aliphatic hydroxyl groups is 1. The maximum Gasteiger partial charge on any atom is 0.0900 e. The zero-order valence-corrected chi connectivity index (χ0v) is 11.7. The summed E-state index contributed by atoms with van der Waals surface area (Å²) in [6.07, 6.45) is 0.792. The second kappa shape index (κ2) is 5.25. The van der Waals surface area contributed by atoms with Gasteiger partial charge < -0.3 is 10.0 Å². The molecule has 0 aromatic carbocycles. The highest BCUT2D eigenvalue weighted by molar-refractivity contribution is 7.11. The van der Waals surface area contributed by atoms with Gasteiger partial charge in [0, 0.05) is 18.0 Å². The molecule has 0 radical (unpaired) electrons. The van der Waals surface area contributed by atoms with Gasteiger partial charge in [0.15, 0.2) is 0 Å². The Kier molecular flexibility index (Phi) is 4.47. The summed E-state index contributed by atoms with van der Waals surface area (Å²) in [5.41, 5.74) is 0.560. The van der Waals surface area contributed by atoms with Crippen molar-refractivity contribution >= 4 is 11.3 Å². The molecular weight excluding hydrogens is 220 g/mol. The van der Waals surface area contributed by atoms with Crippen molar-refractivity contribution in [2.24, 2.45) is 0 Å². The maximum atomic E-state index is 9.65. The van der Waals surface area contributed by atoms with Gasteiger partial charge in [0.2, 0.25) is 0 Å². The Balaban J connectivity index is 2.45. The van der Waals surface area contributed by atoms with E-state index in [1.54, 1.807) is 11.3 Å². The van der Waals surface area contributed by atoms with E-state index >= 15 is 0 Å². The third kappa shape index (κ3) is 4.60. The molecular formula is C12H22N2OS. The molecule has 0 spiro atoms. The van der Waals surface area contributed by atoms with E-state index in [9.17, 15) is 5.11 Å². The van der Waals surface area contributed by atoms with E-state index in [-0.39, 0.29) is 0 Å². The summed E-state index contributed by atoms with van der Waals surface area (Å²) in [7, 11) is 2.08. The first-order chi connectivity index (χ1) is 7.28. The number of aryl methyl sites for hydroxylation is 2. The van der Waals surface area contributed by atoms with Crippen LogP contribution in [-0.2, 0) is 6.54 Å². The normalized spacial score (nSPS) is 12.4. The van der Waals surface area contributed by atoms with Gasteiger partial charge in [0.1, 0.15) is 0 Å². The Morgan fingerprint density at radius 3 is 2.44 bits per heavy atom. The maximum absolute atomic E-state index is 9.65. The fraction of sp³-hybridized carbons (Fsp3) is 0.750. The molecule has 0 saturated carbocycles. The van der Waals surface area contributed by atoms with Gasteiger partial charge in [-0.1, -0.05) is 0 Å². The summed E-state index contributed by atoms with van der Waals surface area (Å²) < 4.78 is 0. The molecule has 0 bridgehead atoms. The minimum Gasteiger partial charge on any atom is -0.390 e. The molecule has 0 aliphatic carbocycles. The van der Waals surface area contributed by atoms with Gasteiger partial charge in [-0.2, -0.15) is 0 Å². The first-order valence-electron chi connectivity index (χ1n) is 5.62. The molecule has 1 rings (SSSR count). The second-order valence-electron chi connectivity index (χ2n) is 5.04. The zero-order valence-electron chi connectivity index (χ0n) is 10.9. The molecule has 1 heterocycles. The summed E-state index contributed by atoms with van der Waals surface area (Å²) in [6, 6.07) is 0. The summed E-state index contributed by atoms with van der Waals surface area (Å²) >= 11 is 1.76. The largest absolute Gasteiger partial charge is 0.390 e. The Morgan fingerprint density at radius 1 is 1.38 bits per heavy atom. The van der Waals surface area contributed by atoms with E-state index in [2.05, 4.69) is 23.9 Å². The number of nitrogens with zero attached hydrogens (tertiary/aromatic N) is 2. The van der Waals surface area contributed by atoms with Gasteiger partial charge in [0.05, 0.1) is 16.3 Å². The molecule has 0 aliphatic rings. The predicted octanol–water partition coefficient (Wildman–Crippen LogP) is 2.35. The van der Waals surface area contributed by atoms with Crippen LogP contribution in [0.25, 0.3) is 0 Å². The van der Waals surface area contributed by atoms with Crippen LogP contribution < -0.4 is 0 Å². The van der Waals surface area contributed by atoms with Crippen LogP contribution in [0.2, 0.25) is 0 Å². The van der Waals surface area contributed by atoms with Crippen molar-refractivity contribution in [3.8, 4) is 0 Å². The van der Waals surface area contributed by atoms with Crippen molar-refractivity contribution in [1.82, 2.24) is 9.88 Å². The van der Waals surface area contributed by atoms with Crippen LogP contribution >= 0.6 is 11.3 Å². The summed E-state index contributed by atoms with van der Waals surface area (Å²) in [5, 5.41) is 10.8. The Morgan fingerprint density at radius 2 is 2.00 bits per heavy atom. The van der Waals surface area contributed by atoms with Crippen molar-refractivity contribution in [1.29, 1.82) is 0 Å². The number of hydrogen-bond acceptors (Lipinski definition) is 4. The highest BCUT2D eigenvalue weighted by atomic mass is 32.1. The van der Waals surface area contributed by atoms with Crippen LogP contribution in [0.4, 0.5) is 0 Å². The lowest BCUT2D eigenvalue weighted by atomic mass is 10.1. The highest BCUT2D eigenvalue weighted by Gasteiger charge is 2.14. The molecule has 1 aromatic rings. The summed E-state index contributed by atoms with van der Waals surface area (Å²) in [4.78, 5) is 7.98. The number of thiazole rings is 1. The molecule has 0 fully saturated rings. The molecule has 0 atom stereocenters. The summed E-state index contributed by atoms with van der Waals surface area (Å²) in [5.74, 6) is 0. The lowest BCUT2D eigenvalue weighted by molar-refractivity contribution is 0.0600. The molecule has 92 valence electrons. The van der Waals surface area contributed by atoms with Crippen molar-refractivity contribution in [2.45, 2.75) is 46.3 Å². The van der Waals surface area contributed by atoms with Crippen LogP contribution in [0.3, 0.4) is 0 Å². The van der Waals surface area contributed by atoms with Gasteiger partial charge in [-0.3, -0.25) is 0 Å². The second-order valence-corrected chi connectivity index (χ2v) is 6.33. The topological polar surface area (TPSA) is 36.4 Å². The smallest absolute Gasteiger partial charge is 0.0900 e. The molecule has 0 saturated heterocycles. The fourth-order valence-electron chi connectivity index (χ4n) is 1.51. The minimum atomic E-state index is -0.576. The third-order valence-electron chi connectivity index (χ3n) is 2.52. The van der Waals surface area contributed by atoms with E-state index in [1.165, 1.54) is 4.88 Å². The van der Waals surface area contributed by atoms with Crippen molar-refractivity contribution < 1.29 is 5.11 Å². The monoisotopic (exact) mass is 242 g/mol. The molecule has 1 aromatic heterocycles. The SMILES string of the molecule is Cc1nc(C)c(CN(C)CCC(C)(C)O)s1. The van der Waals surface area contributed by atoms with Crippen molar-refractivity contribution in [3.63, 3.8) is 0 Å². The van der Waals surface area contributed by atoms with E-state index in [0.717, 1.165) is 30.2 Å². The molecule has 3 nitrogen and oxygen atoms in total. The van der Waals surface area contributed by atoms with E-state index in [0.29, 0.717) is 0 Å². The first-order valence-corrected chi connectivity index (χ1v) is 6.43. The van der Waals surface area contributed by atoms with Crippen LogP contribution in [0.1, 0.15) is 35.8 Å². The molecule has 16 heavy (non-hydrogen) atoms. The van der Waals surface area contributed by atoms with E-state index in [4.69, 9.17) is 0 Å². The van der Waals surface area contributed by atoms with Gasteiger partial charge in [-0.05, 0) is 41.2 Å².